The molecule has 2 rings (SSSR count). The van der Waals surface area contributed by atoms with E-state index in [1.54, 1.807) is 32.9 Å². The van der Waals surface area contributed by atoms with Crippen LogP contribution in [0.5, 0.6) is 5.75 Å². The third-order valence-electron chi connectivity index (χ3n) is 4.21. The van der Waals surface area contributed by atoms with Crippen LogP contribution in [0.2, 0.25) is 0 Å². The summed E-state index contributed by atoms with van der Waals surface area (Å²) in [6.45, 7) is 12.9. The first-order valence-electron chi connectivity index (χ1n) is 8.21. The molecule has 0 unspecified atom stereocenters. The number of hydrogen-bond donors (Lipinski definition) is 0. The van der Waals surface area contributed by atoms with E-state index in [2.05, 4.69) is 0 Å². The smallest absolute Gasteiger partial charge is 0.428 e. The Morgan fingerprint density at radius 1 is 1.00 bits per heavy atom. The maximum absolute atomic E-state index is 12.1. The summed E-state index contributed by atoms with van der Waals surface area (Å²) < 4.78 is 22.0. The number of carbonyl (C=O) groups is 1. The Morgan fingerprint density at radius 3 is 2.04 bits per heavy atom. The molecule has 136 valence electrons. The molecule has 0 amide bonds. The molecule has 1 heterocycles. The van der Waals surface area contributed by atoms with Crippen molar-refractivity contribution in [1.82, 2.24) is 0 Å². The Balaban J connectivity index is 2.22. The van der Waals surface area contributed by atoms with Crippen molar-refractivity contribution in [3.05, 3.63) is 34.5 Å². The minimum absolute atomic E-state index is 0.114. The van der Waals surface area contributed by atoms with Gasteiger partial charge in [0.05, 0.1) is 11.2 Å². The van der Waals surface area contributed by atoms with Crippen LogP contribution in [0.3, 0.4) is 0 Å². The molecule has 1 aliphatic heterocycles. The molecule has 0 bridgehead atoms. The Kier molecular flexibility index (Phi) is 5.03. The molecule has 0 atom stereocenters. The van der Waals surface area contributed by atoms with Gasteiger partial charge in [0.1, 0.15) is 5.60 Å². The predicted octanol–water partition coefficient (Wildman–Crippen LogP) is 2.66. The van der Waals surface area contributed by atoms with Crippen molar-refractivity contribution >= 4 is 18.7 Å². The molecule has 0 aromatic heterocycles. The monoisotopic (exact) mass is 348 g/mol. The normalized spacial score (nSPS) is 18.8. The van der Waals surface area contributed by atoms with Crippen LogP contribution in [0.1, 0.15) is 48.5 Å². The Morgan fingerprint density at radius 2 is 1.52 bits per heavy atom. The topological polar surface area (TPSA) is 71.1 Å². The van der Waals surface area contributed by atoms with Gasteiger partial charge in [-0.1, -0.05) is 12.1 Å². The van der Waals surface area contributed by atoms with Crippen molar-refractivity contribution in [3.63, 3.8) is 0 Å². The second-order valence-corrected chi connectivity index (χ2v) is 8.05. The lowest BCUT2D eigenvalue weighted by atomic mass is 9.80. The van der Waals surface area contributed by atoms with Gasteiger partial charge in [0, 0.05) is 0 Å². The van der Waals surface area contributed by atoms with Gasteiger partial charge in [0.25, 0.3) is 0 Å². The van der Waals surface area contributed by atoms with Crippen LogP contribution in [-0.2, 0) is 14.0 Å². The van der Waals surface area contributed by atoms with E-state index in [0.29, 0.717) is 5.46 Å². The zero-order chi connectivity index (χ0) is 19.0. The summed E-state index contributed by atoms with van der Waals surface area (Å²) in [4.78, 5) is 23.9. The maximum atomic E-state index is 12.1. The van der Waals surface area contributed by atoms with Crippen molar-refractivity contribution in [1.29, 1.82) is 0 Å². The molecular weight excluding hydrogens is 323 g/mol. The van der Waals surface area contributed by atoms with Crippen LogP contribution < -0.4 is 15.6 Å². The maximum Gasteiger partial charge on any atom is 0.514 e. The molecule has 0 aliphatic carbocycles. The van der Waals surface area contributed by atoms with Gasteiger partial charge < -0.3 is 18.8 Å². The highest BCUT2D eigenvalue weighted by atomic mass is 16.7. The lowest BCUT2D eigenvalue weighted by Crippen LogP contribution is -2.41. The Hall–Kier alpha value is -1.86. The van der Waals surface area contributed by atoms with Crippen molar-refractivity contribution < 1.29 is 23.6 Å². The van der Waals surface area contributed by atoms with Crippen LogP contribution in [0.15, 0.2) is 29.1 Å². The summed E-state index contributed by atoms with van der Waals surface area (Å²) in [5.74, 6) is -0.114. The highest BCUT2D eigenvalue weighted by molar-refractivity contribution is 6.62. The molecule has 0 N–H and O–H groups in total. The molecule has 1 aliphatic rings. The van der Waals surface area contributed by atoms with Gasteiger partial charge >= 0.3 is 13.3 Å². The van der Waals surface area contributed by atoms with E-state index in [1.807, 2.05) is 27.7 Å². The van der Waals surface area contributed by atoms with Crippen molar-refractivity contribution in [2.75, 3.05) is 0 Å². The highest BCUT2D eigenvalue weighted by Gasteiger charge is 2.51. The van der Waals surface area contributed by atoms with Crippen molar-refractivity contribution in [2.24, 2.45) is 0 Å². The first kappa shape index (κ1) is 19.5. The number of ether oxygens (including phenoxy) is 2. The summed E-state index contributed by atoms with van der Waals surface area (Å²) >= 11 is 0. The predicted molar refractivity (Wildman–Crippen MR) is 95.3 cm³/mol. The lowest BCUT2D eigenvalue weighted by Gasteiger charge is -2.32. The summed E-state index contributed by atoms with van der Waals surface area (Å²) in [6.07, 6.45) is -0.923. The van der Waals surface area contributed by atoms with E-state index in [4.69, 9.17) is 18.8 Å². The Labute approximate surface area is 148 Å². The van der Waals surface area contributed by atoms with E-state index >= 15 is 0 Å². The quantitative estimate of drug-likeness (QED) is 0.605. The van der Waals surface area contributed by atoms with Crippen LogP contribution in [-0.4, -0.2) is 30.1 Å². The standard InChI is InChI=1S/C18H25BO6/c1-16(2,3)23-15(21)22-14-11-9-12(8-10-13(14)20)19-24-17(4,5)18(6,7)25-19/h8-11H,1-7H3. The van der Waals surface area contributed by atoms with Crippen LogP contribution in [0.25, 0.3) is 0 Å². The number of carbonyl (C=O) groups excluding carboxylic acids is 1. The molecular formula is C18H25BO6. The van der Waals surface area contributed by atoms with Crippen LogP contribution in [0.4, 0.5) is 4.79 Å². The molecule has 1 saturated heterocycles. The van der Waals surface area contributed by atoms with Crippen molar-refractivity contribution in [3.8, 4) is 5.75 Å². The van der Waals surface area contributed by atoms with E-state index < -0.39 is 35.5 Å². The fraction of sp³-hybridized carbons (Fsp3) is 0.556. The minimum Gasteiger partial charge on any atom is -0.428 e. The fourth-order valence-corrected chi connectivity index (χ4v) is 2.14. The van der Waals surface area contributed by atoms with Gasteiger partial charge in [-0.15, -0.1) is 0 Å². The second kappa shape index (κ2) is 6.46. The molecule has 1 aromatic carbocycles. The van der Waals surface area contributed by atoms with Crippen LogP contribution >= 0.6 is 0 Å². The molecule has 0 saturated carbocycles. The first-order chi connectivity index (χ1) is 11.3. The van der Waals surface area contributed by atoms with Crippen LogP contribution in [0, 0.1) is 0 Å². The summed E-state index contributed by atoms with van der Waals surface area (Å²) in [5, 5.41) is 0. The summed E-state index contributed by atoms with van der Waals surface area (Å²) in [6, 6.07) is 5.99. The van der Waals surface area contributed by atoms with Gasteiger partial charge in [-0.2, -0.15) is 0 Å². The van der Waals surface area contributed by atoms with Gasteiger partial charge in [-0.3, -0.25) is 4.79 Å². The molecule has 6 nitrogen and oxygen atoms in total. The Bertz CT molecular complexity index is 704. The van der Waals surface area contributed by atoms with E-state index in [0.717, 1.165) is 0 Å². The van der Waals surface area contributed by atoms with E-state index in [1.165, 1.54) is 12.1 Å². The van der Waals surface area contributed by atoms with Gasteiger partial charge in [-0.05, 0) is 66.1 Å². The van der Waals surface area contributed by atoms with Gasteiger partial charge in [0.2, 0.25) is 5.43 Å². The second-order valence-electron chi connectivity index (χ2n) is 8.05. The fourth-order valence-electron chi connectivity index (χ4n) is 2.14. The highest BCUT2D eigenvalue weighted by Crippen LogP contribution is 2.36. The molecule has 7 heteroatoms. The van der Waals surface area contributed by atoms with E-state index in [-0.39, 0.29) is 5.75 Å². The zero-order valence-corrected chi connectivity index (χ0v) is 15.8. The van der Waals surface area contributed by atoms with Crippen molar-refractivity contribution in [2.45, 2.75) is 65.3 Å². The molecule has 1 fully saturated rings. The largest absolute Gasteiger partial charge is 0.514 e. The third-order valence-corrected chi connectivity index (χ3v) is 4.21. The van der Waals surface area contributed by atoms with E-state index in [9.17, 15) is 9.59 Å². The molecule has 1 aromatic rings. The SMILES string of the molecule is CC(C)(C)OC(=O)Oc1ccc(B2OC(C)(C)C(C)(C)O2)ccc1=O. The zero-order valence-electron chi connectivity index (χ0n) is 15.8. The third kappa shape index (κ3) is 4.61. The average molecular weight is 348 g/mol. The number of hydrogen-bond acceptors (Lipinski definition) is 6. The summed E-state index contributed by atoms with van der Waals surface area (Å²) in [5.41, 5.74) is -1.45. The molecule has 0 spiro atoms. The van der Waals surface area contributed by atoms with Gasteiger partial charge in [-0.25, -0.2) is 4.79 Å². The number of rotatable bonds is 2. The first-order valence-corrected chi connectivity index (χ1v) is 8.21. The average Bonchev–Trinajstić information content (AvgIpc) is 2.55. The minimum atomic E-state index is -0.923. The molecule has 0 radical (unpaired) electrons. The lowest BCUT2D eigenvalue weighted by molar-refractivity contribution is 0.00578. The van der Waals surface area contributed by atoms with Gasteiger partial charge in [0.15, 0.2) is 5.75 Å². The summed E-state index contributed by atoms with van der Waals surface area (Å²) in [7, 11) is -0.605. The molecule has 25 heavy (non-hydrogen) atoms.